The van der Waals surface area contributed by atoms with E-state index in [2.05, 4.69) is 99.6 Å². The van der Waals surface area contributed by atoms with Crippen LogP contribution >= 0.6 is 0 Å². The van der Waals surface area contributed by atoms with Gasteiger partial charge in [0.1, 0.15) is 0 Å². The largest absolute Gasteiger partial charge is 0.310 e. The zero-order valence-electron chi connectivity index (χ0n) is 17.4. The Morgan fingerprint density at radius 1 is 0.923 bits per heavy atom. The second-order valence-corrected chi connectivity index (χ2v) is 6.42. The predicted octanol–water partition coefficient (Wildman–Crippen LogP) is 6.90. The van der Waals surface area contributed by atoms with E-state index in [1.54, 1.807) is 0 Å². The van der Waals surface area contributed by atoms with Gasteiger partial charge in [0.25, 0.3) is 0 Å². The van der Waals surface area contributed by atoms with Gasteiger partial charge in [-0.15, -0.1) is 5.73 Å². The molecule has 142 valence electrons. The summed E-state index contributed by atoms with van der Waals surface area (Å²) in [5.74, 6) is 0.713. The van der Waals surface area contributed by atoms with Crippen molar-refractivity contribution in [3.8, 4) is 0 Å². The number of aryl methyl sites for hydroxylation is 1. The number of hydrogen-bond acceptors (Lipinski definition) is 1. The van der Waals surface area contributed by atoms with Crippen LogP contribution in [-0.2, 0) is 6.42 Å². The van der Waals surface area contributed by atoms with Crippen molar-refractivity contribution in [2.45, 2.75) is 53.5 Å². The number of nitrogens with one attached hydrogen (secondary N) is 1. The van der Waals surface area contributed by atoms with Gasteiger partial charge < -0.3 is 5.32 Å². The fourth-order valence-electron chi connectivity index (χ4n) is 2.64. The first-order valence-corrected chi connectivity index (χ1v) is 9.69. The minimum Gasteiger partial charge on any atom is -0.310 e. The molecular weight excluding hydrogens is 314 g/mol. The van der Waals surface area contributed by atoms with Gasteiger partial charge in [-0.3, -0.25) is 0 Å². The standard InChI is InChI=1S/C20H27N.C3H4.C2H6/c1-16-9-11-20(12-10-16)18(3)21-14-13-17(2)15-19-7-5-4-6-8-19;1-3-2;1-2/h4-12,17-18,21H,13-15H2,1-3H3;1-2H2;1-2H3/t17?,18-;;/m0../s1. The van der Waals surface area contributed by atoms with Crippen LogP contribution in [0, 0.1) is 12.8 Å². The zero-order valence-corrected chi connectivity index (χ0v) is 17.4. The third-order valence-electron chi connectivity index (χ3n) is 4.09. The Bertz CT molecular complexity index is 592. The van der Waals surface area contributed by atoms with Crippen molar-refractivity contribution in [3.05, 3.63) is 90.2 Å². The highest BCUT2D eigenvalue weighted by Crippen LogP contribution is 2.15. The third kappa shape index (κ3) is 10.7. The summed E-state index contributed by atoms with van der Waals surface area (Å²) in [6.07, 6.45) is 2.38. The van der Waals surface area contributed by atoms with Crippen molar-refractivity contribution >= 4 is 0 Å². The summed E-state index contributed by atoms with van der Waals surface area (Å²) in [6.45, 7) is 18.0. The van der Waals surface area contributed by atoms with Crippen molar-refractivity contribution < 1.29 is 0 Å². The lowest BCUT2D eigenvalue weighted by atomic mass is 9.98. The van der Waals surface area contributed by atoms with E-state index in [-0.39, 0.29) is 0 Å². The van der Waals surface area contributed by atoms with Gasteiger partial charge in [0.05, 0.1) is 0 Å². The topological polar surface area (TPSA) is 12.0 Å². The Morgan fingerprint density at radius 2 is 1.46 bits per heavy atom. The van der Waals surface area contributed by atoms with Gasteiger partial charge in [-0.25, -0.2) is 0 Å². The summed E-state index contributed by atoms with van der Waals surface area (Å²) in [5.41, 5.74) is 6.38. The van der Waals surface area contributed by atoms with Crippen LogP contribution in [0.4, 0.5) is 0 Å². The Hall–Kier alpha value is -2.08. The molecule has 1 nitrogen and oxygen atoms in total. The van der Waals surface area contributed by atoms with Crippen LogP contribution in [0.1, 0.15) is 56.8 Å². The molecule has 0 amide bonds. The molecule has 2 rings (SSSR count). The highest BCUT2D eigenvalue weighted by Gasteiger charge is 2.07. The lowest BCUT2D eigenvalue weighted by Gasteiger charge is -2.17. The molecule has 0 saturated heterocycles. The van der Waals surface area contributed by atoms with Crippen LogP contribution < -0.4 is 5.32 Å². The lowest BCUT2D eigenvalue weighted by Crippen LogP contribution is -2.21. The molecule has 0 aliphatic carbocycles. The Morgan fingerprint density at radius 3 is 2.00 bits per heavy atom. The molecule has 1 unspecified atom stereocenters. The molecule has 1 N–H and O–H groups in total. The molecule has 2 atom stereocenters. The minimum absolute atomic E-state index is 0.425. The Kier molecular flexibility index (Phi) is 14.0. The third-order valence-corrected chi connectivity index (χ3v) is 4.09. The highest BCUT2D eigenvalue weighted by molar-refractivity contribution is 5.23. The molecule has 1 heteroatoms. The maximum atomic E-state index is 3.64. The van der Waals surface area contributed by atoms with E-state index in [1.807, 2.05) is 13.8 Å². The summed E-state index contributed by atoms with van der Waals surface area (Å²) in [4.78, 5) is 0. The fraction of sp³-hybridized carbons (Fsp3) is 0.400. The van der Waals surface area contributed by atoms with Gasteiger partial charge in [0.15, 0.2) is 0 Å². The van der Waals surface area contributed by atoms with E-state index in [1.165, 1.54) is 29.5 Å². The predicted molar refractivity (Wildman–Crippen MR) is 118 cm³/mol. The Balaban J connectivity index is 0.00000113. The van der Waals surface area contributed by atoms with Gasteiger partial charge in [-0.2, -0.15) is 0 Å². The smallest absolute Gasteiger partial charge is 0.0291 e. The number of benzene rings is 2. The van der Waals surface area contributed by atoms with Gasteiger partial charge >= 0.3 is 0 Å². The van der Waals surface area contributed by atoms with Crippen LogP contribution in [0.25, 0.3) is 0 Å². The molecule has 26 heavy (non-hydrogen) atoms. The van der Waals surface area contributed by atoms with Crippen LogP contribution in [0.5, 0.6) is 0 Å². The first-order chi connectivity index (χ1) is 12.6. The van der Waals surface area contributed by atoms with E-state index >= 15 is 0 Å². The van der Waals surface area contributed by atoms with Crippen LogP contribution in [0.2, 0.25) is 0 Å². The summed E-state index contributed by atoms with van der Waals surface area (Å²) in [6, 6.07) is 20.0. The highest BCUT2D eigenvalue weighted by atomic mass is 14.9. The van der Waals surface area contributed by atoms with E-state index in [0.29, 0.717) is 12.0 Å². The van der Waals surface area contributed by atoms with E-state index in [4.69, 9.17) is 0 Å². The minimum atomic E-state index is 0.425. The molecule has 0 aliphatic heterocycles. The summed E-state index contributed by atoms with van der Waals surface area (Å²) >= 11 is 0. The maximum absolute atomic E-state index is 3.64. The quantitative estimate of drug-likeness (QED) is 0.535. The first-order valence-electron chi connectivity index (χ1n) is 9.69. The van der Waals surface area contributed by atoms with Crippen LogP contribution in [0.3, 0.4) is 0 Å². The van der Waals surface area contributed by atoms with E-state index in [0.717, 1.165) is 6.54 Å². The maximum Gasteiger partial charge on any atom is 0.0291 e. The van der Waals surface area contributed by atoms with Gasteiger partial charge in [0.2, 0.25) is 0 Å². The van der Waals surface area contributed by atoms with Crippen LogP contribution in [-0.4, -0.2) is 6.54 Å². The molecule has 2 aromatic carbocycles. The molecule has 0 aliphatic rings. The van der Waals surface area contributed by atoms with Crippen molar-refractivity contribution in [2.75, 3.05) is 6.54 Å². The normalized spacial score (nSPS) is 11.7. The molecular formula is C25H37N. The second-order valence-electron chi connectivity index (χ2n) is 6.42. The molecule has 0 fully saturated rings. The average Bonchev–Trinajstić information content (AvgIpc) is 2.65. The van der Waals surface area contributed by atoms with Crippen molar-refractivity contribution in [1.29, 1.82) is 0 Å². The molecule has 0 radical (unpaired) electrons. The lowest BCUT2D eigenvalue weighted by molar-refractivity contribution is 0.471. The summed E-state index contributed by atoms with van der Waals surface area (Å²) in [7, 11) is 0. The van der Waals surface area contributed by atoms with Crippen LogP contribution in [0.15, 0.2) is 73.5 Å². The molecule has 0 spiro atoms. The molecule has 0 bridgehead atoms. The summed E-state index contributed by atoms with van der Waals surface area (Å²) in [5, 5.41) is 3.64. The molecule has 2 aromatic rings. The summed E-state index contributed by atoms with van der Waals surface area (Å²) < 4.78 is 0. The number of rotatable bonds is 7. The molecule has 0 aromatic heterocycles. The SMILES string of the molecule is C=C=C.CC.Cc1ccc([C@H](C)NCCC(C)Cc2ccccc2)cc1. The fourth-order valence-corrected chi connectivity index (χ4v) is 2.64. The van der Waals surface area contributed by atoms with Crippen molar-refractivity contribution in [3.63, 3.8) is 0 Å². The second kappa shape index (κ2) is 15.2. The van der Waals surface area contributed by atoms with Gasteiger partial charge in [0, 0.05) is 6.04 Å². The monoisotopic (exact) mass is 351 g/mol. The van der Waals surface area contributed by atoms with E-state index in [9.17, 15) is 0 Å². The van der Waals surface area contributed by atoms with Gasteiger partial charge in [-0.05, 0) is 50.3 Å². The number of hydrogen-bond donors (Lipinski definition) is 1. The first kappa shape index (κ1) is 23.9. The average molecular weight is 352 g/mol. The molecule has 0 heterocycles. The van der Waals surface area contributed by atoms with Gasteiger partial charge in [-0.1, -0.05) is 94.1 Å². The zero-order chi connectivity index (χ0) is 19.8. The van der Waals surface area contributed by atoms with E-state index < -0.39 is 0 Å². The van der Waals surface area contributed by atoms with Crippen molar-refractivity contribution in [2.24, 2.45) is 5.92 Å². The molecule has 0 saturated carbocycles. The van der Waals surface area contributed by atoms with Crippen molar-refractivity contribution in [1.82, 2.24) is 5.32 Å². The Labute approximate surface area is 161 Å².